The monoisotopic (exact) mass is 440 g/mol. The van der Waals surface area contributed by atoms with Crippen molar-refractivity contribution < 1.29 is 8.39 Å². The van der Waals surface area contributed by atoms with E-state index in [-0.39, 0.29) is 11.6 Å². The molecule has 0 amide bonds. The number of piperidine rings is 1. The second kappa shape index (κ2) is 8.31. The Balaban J connectivity index is 1.42. The molecule has 1 saturated carbocycles. The minimum Gasteiger partial charge on any atom is -0.368 e. The third kappa shape index (κ3) is 4.06. The molecule has 5 atom stereocenters. The zero-order chi connectivity index (χ0) is 21.6. The maximum atomic E-state index is 12.5. The molecule has 1 aromatic heterocycles. The molecule has 2 saturated heterocycles. The van der Waals surface area contributed by atoms with Crippen molar-refractivity contribution in [3.63, 3.8) is 0 Å². The lowest BCUT2D eigenvalue weighted by Gasteiger charge is -2.54. The van der Waals surface area contributed by atoms with Crippen LogP contribution in [-0.2, 0) is 21.7 Å². The van der Waals surface area contributed by atoms with Crippen LogP contribution in [0.15, 0.2) is 12.3 Å². The van der Waals surface area contributed by atoms with Gasteiger partial charge in [-0.1, -0.05) is 26.0 Å². The van der Waals surface area contributed by atoms with E-state index in [9.17, 15) is 9.47 Å². The summed E-state index contributed by atoms with van der Waals surface area (Å²) in [6, 6.07) is 2.38. The van der Waals surface area contributed by atoms with Gasteiger partial charge in [0, 0.05) is 30.5 Å². The van der Waals surface area contributed by atoms with Crippen molar-refractivity contribution in [1.82, 2.24) is 10.3 Å². The molecule has 3 heterocycles. The fraction of sp³-hybridized carbons (Fsp3) is 0.667. The lowest BCUT2D eigenvalue weighted by molar-refractivity contribution is 0.0285. The molecule has 31 heavy (non-hydrogen) atoms. The van der Waals surface area contributed by atoms with Crippen molar-refractivity contribution >= 4 is 22.8 Å². The number of nitrogens with one attached hydrogen (secondary N) is 1. The van der Waals surface area contributed by atoms with Crippen LogP contribution < -0.4 is 10.2 Å². The normalized spacial score (nSPS) is 33.3. The van der Waals surface area contributed by atoms with Gasteiger partial charge in [0.25, 0.3) is 0 Å². The number of hydrogen-bond donors (Lipinski definition) is 1. The van der Waals surface area contributed by atoms with Gasteiger partial charge in [-0.05, 0) is 56.4 Å². The maximum Gasteiger partial charge on any atom is 0.156 e. The van der Waals surface area contributed by atoms with Crippen molar-refractivity contribution in [3.05, 3.63) is 29.1 Å². The van der Waals surface area contributed by atoms with Crippen molar-refractivity contribution in [3.8, 4) is 6.07 Å². The molecule has 2 aliphatic carbocycles. The number of anilines is 1. The molecule has 1 aromatic rings. The van der Waals surface area contributed by atoms with Gasteiger partial charge >= 0.3 is 0 Å². The number of hydrogen-bond acceptors (Lipinski definition) is 6. The molecular weight excluding hydrogens is 408 g/mol. The highest BCUT2D eigenvalue weighted by molar-refractivity contribution is 7.80. The van der Waals surface area contributed by atoms with E-state index in [1.165, 1.54) is 12.8 Å². The molecule has 7 heteroatoms. The summed E-state index contributed by atoms with van der Waals surface area (Å²) >= 11 is -1.21. The molecule has 0 bridgehead atoms. The number of nitriles is 1. The molecule has 2 aliphatic heterocycles. The standard InChI is InChI=1S/C24H32N4O2S/c1-16-3-6-20-21(11-17(16)2)26-13-19(12-25)23(20)28-10-7-22(24(15-28)8-9-27-24)30-31(29)14-18-4-5-18/h3,6,13,16-18,22,27H,4-5,7-11,14-15H2,1-2H3. The summed E-state index contributed by atoms with van der Waals surface area (Å²) in [5, 5.41) is 13.5. The fourth-order valence-electron chi connectivity index (χ4n) is 5.15. The zero-order valence-electron chi connectivity index (χ0n) is 18.5. The molecule has 0 aromatic carbocycles. The summed E-state index contributed by atoms with van der Waals surface area (Å²) in [5.74, 6) is 2.26. The van der Waals surface area contributed by atoms with Gasteiger partial charge < -0.3 is 10.2 Å². The van der Waals surface area contributed by atoms with Crippen LogP contribution in [0.25, 0.3) is 6.08 Å². The van der Waals surface area contributed by atoms with E-state index < -0.39 is 11.1 Å². The molecule has 0 radical (unpaired) electrons. The van der Waals surface area contributed by atoms with Crippen LogP contribution in [0.5, 0.6) is 0 Å². The molecule has 3 fully saturated rings. The quantitative estimate of drug-likeness (QED) is 0.758. The van der Waals surface area contributed by atoms with Gasteiger partial charge in [0.05, 0.1) is 28.6 Å². The summed E-state index contributed by atoms with van der Waals surface area (Å²) in [4.78, 5) is 7.01. The first-order valence-electron chi connectivity index (χ1n) is 11.6. The van der Waals surface area contributed by atoms with Gasteiger partial charge in [0.15, 0.2) is 11.1 Å². The Morgan fingerprint density at radius 3 is 2.87 bits per heavy atom. The van der Waals surface area contributed by atoms with Gasteiger partial charge in [-0.15, -0.1) is 0 Å². The van der Waals surface area contributed by atoms with E-state index in [2.05, 4.69) is 47.3 Å². The second-order valence-electron chi connectivity index (χ2n) is 9.93. The minimum atomic E-state index is -1.21. The van der Waals surface area contributed by atoms with E-state index in [0.29, 0.717) is 29.1 Å². The number of nitrogens with zero attached hydrogens (tertiary/aromatic N) is 3. The highest BCUT2D eigenvalue weighted by atomic mass is 32.2. The Morgan fingerprint density at radius 1 is 1.39 bits per heavy atom. The van der Waals surface area contributed by atoms with Crippen molar-refractivity contribution in [2.24, 2.45) is 17.8 Å². The third-order valence-corrected chi connectivity index (χ3v) is 8.87. The van der Waals surface area contributed by atoms with Crippen LogP contribution in [0.4, 0.5) is 5.69 Å². The number of aromatic nitrogens is 1. The number of allylic oxidation sites excluding steroid dienone is 1. The summed E-state index contributed by atoms with van der Waals surface area (Å²) in [6.45, 7) is 7.02. The molecule has 1 spiro atoms. The molecule has 166 valence electrons. The lowest BCUT2D eigenvalue weighted by atomic mass is 9.77. The second-order valence-corrected chi connectivity index (χ2v) is 11.1. The Labute approximate surface area is 187 Å². The van der Waals surface area contributed by atoms with E-state index >= 15 is 0 Å². The number of rotatable bonds is 5. The van der Waals surface area contributed by atoms with Crippen molar-refractivity contribution in [1.29, 1.82) is 5.26 Å². The minimum absolute atomic E-state index is 0.0429. The third-order valence-electron chi connectivity index (χ3n) is 7.68. The largest absolute Gasteiger partial charge is 0.368 e. The van der Waals surface area contributed by atoms with Gasteiger partial charge in [-0.25, -0.2) is 4.21 Å². The smallest absolute Gasteiger partial charge is 0.156 e. The summed E-state index contributed by atoms with van der Waals surface area (Å²) in [5.41, 5.74) is 3.64. The van der Waals surface area contributed by atoms with Gasteiger partial charge in [0.1, 0.15) is 6.07 Å². The average molecular weight is 441 g/mol. The highest BCUT2D eigenvalue weighted by Crippen LogP contribution is 2.40. The molecule has 5 rings (SSSR count). The molecule has 6 nitrogen and oxygen atoms in total. The SMILES string of the molecule is CC1C=Cc2c(ncc(C#N)c2N2CCC(OS(=O)CC3CC3)C3(CCN3)C2)CC1C. The highest BCUT2D eigenvalue weighted by Gasteiger charge is 2.50. The van der Waals surface area contributed by atoms with E-state index in [1.54, 1.807) is 6.20 Å². The van der Waals surface area contributed by atoms with Crippen LogP contribution in [0.3, 0.4) is 0 Å². The Morgan fingerprint density at radius 2 is 2.19 bits per heavy atom. The van der Waals surface area contributed by atoms with Crippen molar-refractivity contribution in [2.45, 2.75) is 57.6 Å². The van der Waals surface area contributed by atoms with Crippen LogP contribution in [0.1, 0.15) is 56.4 Å². The van der Waals surface area contributed by atoms with Crippen LogP contribution in [0.2, 0.25) is 0 Å². The fourth-order valence-corrected chi connectivity index (χ4v) is 6.48. The Bertz CT molecular complexity index is 948. The molecule has 5 unspecified atom stereocenters. The van der Waals surface area contributed by atoms with Crippen molar-refractivity contribution in [2.75, 3.05) is 30.3 Å². The van der Waals surface area contributed by atoms with Gasteiger partial charge in [0.2, 0.25) is 0 Å². The van der Waals surface area contributed by atoms with Crippen LogP contribution in [-0.4, -0.2) is 46.2 Å². The summed E-state index contributed by atoms with van der Waals surface area (Å²) in [7, 11) is 0. The first-order chi connectivity index (χ1) is 15.0. The number of fused-ring (bicyclic) bond motifs is 1. The van der Waals surface area contributed by atoms with Gasteiger partial charge in [-0.3, -0.25) is 9.17 Å². The maximum absolute atomic E-state index is 12.5. The Kier molecular flexibility index (Phi) is 5.66. The first-order valence-corrected chi connectivity index (χ1v) is 12.9. The van der Waals surface area contributed by atoms with E-state index in [0.717, 1.165) is 55.8 Å². The van der Waals surface area contributed by atoms with Crippen LogP contribution in [0, 0.1) is 29.1 Å². The predicted molar refractivity (Wildman–Crippen MR) is 123 cm³/mol. The average Bonchev–Trinajstić information content (AvgIpc) is 3.55. The lowest BCUT2D eigenvalue weighted by Crippen LogP contribution is -2.72. The molecule has 4 aliphatic rings. The topological polar surface area (TPSA) is 78.2 Å². The Hall–Kier alpha value is -1.75. The summed E-state index contributed by atoms with van der Waals surface area (Å²) < 4.78 is 18.6. The molecular formula is C24H32N4O2S. The van der Waals surface area contributed by atoms with Crippen LogP contribution >= 0.6 is 0 Å². The van der Waals surface area contributed by atoms with E-state index in [1.807, 2.05) is 0 Å². The molecule has 1 N–H and O–H groups in total. The summed E-state index contributed by atoms with van der Waals surface area (Å²) in [6.07, 6.45) is 11.3. The zero-order valence-corrected chi connectivity index (χ0v) is 19.3. The predicted octanol–water partition coefficient (Wildman–Crippen LogP) is 3.20. The van der Waals surface area contributed by atoms with Gasteiger partial charge in [-0.2, -0.15) is 5.26 Å². The number of pyridine rings is 1. The first kappa shape index (κ1) is 21.1. The van der Waals surface area contributed by atoms with E-state index in [4.69, 9.17) is 4.18 Å².